The van der Waals surface area contributed by atoms with Crippen molar-refractivity contribution in [2.75, 3.05) is 0 Å². The van der Waals surface area contributed by atoms with Gasteiger partial charge in [-0.3, -0.25) is 9.98 Å². The molecule has 50 heavy (non-hydrogen) atoms. The summed E-state index contributed by atoms with van der Waals surface area (Å²) in [5, 5.41) is 11.4. The number of para-hydroxylation sites is 4. The first-order valence-electron chi connectivity index (χ1n) is 17.0. The van der Waals surface area contributed by atoms with Crippen LogP contribution >= 0.6 is 0 Å². The number of fused-ring (bicyclic) bond motifs is 8. The SMILES string of the molecule is c1ccc2[nH]c3c4ccc(=NCc5ccc(CN=c6ccc7c8[nH]c9ccccc9nc8c8cccc6c87)cc5)c5cccc(c3nc2c1)c54. The average Bonchev–Trinajstić information content (AvgIpc) is 3.66. The normalized spacial score (nSPS) is 13.2. The third kappa shape index (κ3) is 4.02. The molecule has 6 nitrogen and oxygen atoms in total. The fourth-order valence-electron chi connectivity index (χ4n) is 7.85. The number of aromatic nitrogens is 4. The van der Waals surface area contributed by atoms with Gasteiger partial charge >= 0.3 is 0 Å². The van der Waals surface area contributed by atoms with Gasteiger partial charge in [-0.25, -0.2) is 9.97 Å². The molecule has 0 spiro atoms. The van der Waals surface area contributed by atoms with E-state index in [1.165, 1.54) is 32.7 Å². The fourth-order valence-corrected chi connectivity index (χ4v) is 7.85. The van der Waals surface area contributed by atoms with Crippen molar-refractivity contribution in [1.29, 1.82) is 0 Å². The van der Waals surface area contributed by atoms with Crippen LogP contribution in [-0.2, 0) is 13.1 Å². The molecule has 234 valence electrons. The van der Waals surface area contributed by atoms with Crippen molar-refractivity contribution in [3.63, 3.8) is 0 Å². The summed E-state index contributed by atoms with van der Waals surface area (Å²) in [4.78, 5) is 27.5. The highest BCUT2D eigenvalue weighted by atomic mass is 14.8. The minimum Gasteiger partial charge on any atom is -0.351 e. The topological polar surface area (TPSA) is 82.1 Å². The molecule has 0 amide bonds. The van der Waals surface area contributed by atoms with Gasteiger partial charge in [0, 0.05) is 43.1 Å². The first kappa shape index (κ1) is 27.3. The van der Waals surface area contributed by atoms with Crippen LogP contribution in [0.4, 0.5) is 0 Å². The quantitative estimate of drug-likeness (QED) is 0.201. The van der Waals surface area contributed by atoms with Crippen LogP contribution in [0, 0.1) is 0 Å². The molecule has 9 aromatic carbocycles. The largest absolute Gasteiger partial charge is 0.351 e. The number of H-pyrrole nitrogens is 2. The molecule has 6 heteroatoms. The number of benzene rings is 7. The van der Waals surface area contributed by atoms with Gasteiger partial charge in [-0.05, 0) is 47.5 Å². The molecule has 0 unspecified atom stereocenters. The smallest absolute Gasteiger partial charge is 0.0957 e. The highest BCUT2D eigenvalue weighted by Gasteiger charge is 2.16. The van der Waals surface area contributed by atoms with Crippen LogP contribution in [0.1, 0.15) is 11.1 Å². The molecule has 2 N–H and O–H groups in total. The molecular formula is C44H28N6. The Morgan fingerprint density at radius 2 is 0.840 bits per heavy atom. The third-order valence-corrected chi connectivity index (χ3v) is 10.2. The summed E-state index contributed by atoms with van der Waals surface area (Å²) in [6.07, 6.45) is 0. The molecule has 0 aliphatic carbocycles. The van der Waals surface area contributed by atoms with Crippen molar-refractivity contribution in [1.82, 2.24) is 19.9 Å². The molecule has 0 saturated carbocycles. The molecule has 11 aromatic rings. The van der Waals surface area contributed by atoms with Crippen molar-refractivity contribution in [2.45, 2.75) is 13.1 Å². The molecule has 0 bridgehead atoms. The van der Waals surface area contributed by atoms with E-state index < -0.39 is 0 Å². The molecule has 2 aromatic heterocycles. The standard InChI is InChI=1S/C44H28N6/c1-3-13-37-35(11-1)47-41-29-9-5-7-27-33(21-19-31(39(27)29)43(41)49-37)45-23-25-15-17-26(18-16-25)24-46-34-22-20-32-40-28(34)8-6-10-30(40)42-44(32)50-38-14-4-2-12-36(38)48-42/h1-22,49-50H,23-24H2. The minimum absolute atomic E-state index is 0.604. The fraction of sp³-hybridized carbons (Fsp3) is 0.0455. The number of aromatic amines is 2. The summed E-state index contributed by atoms with van der Waals surface area (Å²) in [6.45, 7) is 1.21. The molecule has 2 heterocycles. The van der Waals surface area contributed by atoms with Crippen LogP contribution in [0.2, 0.25) is 0 Å². The van der Waals surface area contributed by atoms with Crippen molar-refractivity contribution < 1.29 is 0 Å². The summed E-state index contributed by atoms with van der Waals surface area (Å²) in [6, 6.07) is 46.7. The van der Waals surface area contributed by atoms with E-state index in [1.807, 2.05) is 24.3 Å². The van der Waals surface area contributed by atoms with Gasteiger partial charge in [0.15, 0.2) is 0 Å². The van der Waals surface area contributed by atoms with Crippen molar-refractivity contribution in [2.24, 2.45) is 9.98 Å². The van der Waals surface area contributed by atoms with Gasteiger partial charge in [-0.2, -0.15) is 0 Å². The van der Waals surface area contributed by atoms with Gasteiger partial charge in [0.2, 0.25) is 0 Å². The maximum Gasteiger partial charge on any atom is 0.0957 e. The molecule has 0 atom stereocenters. The molecule has 11 rings (SSSR count). The van der Waals surface area contributed by atoms with E-state index in [4.69, 9.17) is 20.0 Å². The Morgan fingerprint density at radius 1 is 0.400 bits per heavy atom. The Balaban J connectivity index is 0.913. The lowest BCUT2D eigenvalue weighted by Gasteiger charge is -2.03. The van der Waals surface area contributed by atoms with Crippen molar-refractivity contribution in [3.05, 3.63) is 155 Å². The second-order valence-corrected chi connectivity index (χ2v) is 13.1. The number of rotatable bonds is 4. The summed E-state index contributed by atoms with van der Waals surface area (Å²) in [5.41, 5.74) is 10.5. The molecule has 0 saturated heterocycles. The first-order valence-corrected chi connectivity index (χ1v) is 17.0. The van der Waals surface area contributed by atoms with Crippen LogP contribution in [0.3, 0.4) is 0 Å². The van der Waals surface area contributed by atoms with E-state index in [9.17, 15) is 0 Å². The Labute approximate surface area is 284 Å². The predicted octanol–water partition coefficient (Wildman–Crippen LogP) is 9.44. The summed E-state index contributed by atoms with van der Waals surface area (Å²) >= 11 is 0. The van der Waals surface area contributed by atoms with E-state index in [1.54, 1.807) is 0 Å². The van der Waals surface area contributed by atoms with E-state index in [2.05, 4.69) is 119 Å². The lowest BCUT2D eigenvalue weighted by Crippen LogP contribution is -2.03. The Kier molecular flexibility index (Phi) is 5.69. The zero-order valence-electron chi connectivity index (χ0n) is 26.9. The Hall–Kier alpha value is -6.66. The summed E-state index contributed by atoms with van der Waals surface area (Å²) in [7, 11) is 0. The Morgan fingerprint density at radius 3 is 1.32 bits per heavy atom. The number of nitrogens with one attached hydrogen (secondary N) is 2. The van der Waals surface area contributed by atoms with Gasteiger partial charge < -0.3 is 9.97 Å². The van der Waals surface area contributed by atoms with E-state index in [-0.39, 0.29) is 0 Å². The van der Waals surface area contributed by atoms with Gasteiger partial charge in [0.05, 0.1) is 67.9 Å². The zero-order valence-corrected chi connectivity index (χ0v) is 26.9. The number of hydrogen-bond acceptors (Lipinski definition) is 4. The third-order valence-electron chi connectivity index (χ3n) is 10.2. The minimum atomic E-state index is 0.604. The first-order chi connectivity index (χ1) is 24.8. The summed E-state index contributed by atoms with van der Waals surface area (Å²) in [5.74, 6) is 0. The second-order valence-electron chi connectivity index (χ2n) is 13.1. The molecular weight excluding hydrogens is 613 g/mol. The molecule has 0 radical (unpaired) electrons. The molecule has 0 fully saturated rings. The van der Waals surface area contributed by atoms with E-state index in [0.717, 1.165) is 76.4 Å². The number of hydrogen-bond donors (Lipinski definition) is 2. The highest BCUT2D eigenvalue weighted by Crippen LogP contribution is 2.37. The molecule has 0 aliphatic heterocycles. The number of nitrogens with zero attached hydrogens (tertiary/aromatic N) is 4. The maximum atomic E-state index is 5.09. The van der Waals surface area contributed by atoms with Crippen LogP contribution in [0.5, 0.6) is 0 Å². The monoisotopic (exact) mass is 640 g/mol. The van der Waals surface area contributed by atoms with Crippen LogP contribution in [0.15, 0.2) is 143 Å². The van der Waals surface area contributed by atoms with Crippen LogP contribution in [-0.4, -0.2) is 19.9 Å². The zero-order chi connectivity index (χ0) is 32.8. The van der Waals surface area contributed by atoms with Gasteiger partial charge in [0.1, 0.15) is 0 Å². The van der Waals surface area contributed by atoms with Gasteiger partial charge in [-0.15, -0.1) is 0 Å². The molecule has 0 aliphatic rings. The predicted molar refractivity (Wildman–Crippen MR) is 205 cm³/mol. The van der Waals surface area contributed by atoms with Crippen LogP contribution in [0.25, 0.3) is 87.2 Å². The maximum absolute atomic E-state index is 5.09. The Bertz CT molecular complexity index is 2930. The highest BCUT2D eigenvalue weighted by molar-refractivity contribution is 6.29. The van der Waals surface area contributed by atoms with Crippen LogP contribution < -0.4 is 10.7 Å². The lowest BCUT2D eigenvalue weighted by molar-refractivity contribution is 0.991. The van der Waals surface area contributed by atoms with Crippen molar-refractivity contribution in [3.8, 4) is 0 Å². The van der Waals surface area contributed by atoms with Gasteiger partial charge in [0.25, 0.3) is 0 Å². The van der Waals surface area contributed by atoms with Crippen molar-refractivity contribution >= 4 is 87.2 Å². The van der Waals surface area contributed by atoms with Gasteiger partial charge in [-0.1, -0.05) is 97.1 Å². The lowest BCUT2D eigenvalue weighted by atomic mass is 10.1. The average molecular weight is 641 g/mol. The van der Waals surface area contributed by atoms with E-state index >= 15 is 0 Å². The summed E-state index contributed by atoms with van der Waals surface area (Å²) < 4.78 is 0. The second kappa shape index (κ2) is 10.4. The van der Waals surface area contributed by atoms with E-state index in [0.29, 0.717) is 13.1 Å².